The molecule has 1 fully saturated rings. The Hall–Kier alpha value is -0.690. The monoisotopic (exact) mass is 290 g/mol. The maximum absolute atomic E-state index is 12.1. The van der Waals surface area contributed by atoms with Crippen LogP contribution in [-0.2, 0) is 10.0 Å². The Morgan fingerprint density at radius 1 is 1.56 bits per heavy atom. The number of hydrogen-bond acceptors (Lipinski definition) is 4. The molecule has 1 aliphatic carbocycles. The lowest BCUT2D eigenvalue weighted by molar-refractivity contribution is -0.0645. The van der Waals surface area contributed by atoms with Crippen molar-refractivity contribution in [2.24, 2.45) is 5.41 Å². The molecule has 18 heavy (non-hydrogen) atoms. The Kier molecular flexibility index (Phi) is 3.40. The maximum atomic E-state index is 12.1. The van der Waals surface area contributed by atoms with Gasteiger partial charge in [-0.15, -0.1) is 0 Å². The molecule has 100 valence electrons. The molecule has 0 amide bonds. The van der Waals surface area contributed by atoms with Gasteiger partial charge in [0, 0.05) is 17.7 Å². The van der Waals surface area contributed by atoms with Crippen molar-refractivity contribution in [1.29, 1.82) is 0 Å². The molecule has 0 spiro atoms. The Morgan fingerprint density at radius 2 is 2.22 bits per heavy atom. The molecule has 0 saturated heterocycles. The molecule has 2 unspecified atom stereocenters. The first-order chi connectivity index (χ1) is 8.25. The van der Waals surface area contributed by atoms with Gasteiger partial charge in [0.1, 0.15) is 10.0 Å². The lowest BCUT2D eigenvalue weighted by Crippen LogP contribution is -2.61. The van der Waals surface area contributed by atoms with Gasteiger partial charge in [0.25, 0.3) is 0 Å². The molecule has 1 aliphatic rings. The van der Waals surface area contributed by atoms with E-state index in [1.807, 2.05) is 13.8 Å². The van der Waals surface area contributed by atoms with E-state index >= 15 is 0 Å². The average Bonchev–Trinajstić information content (AvgIpc) is 2.29. The third-order valence-corrected chi connectivity index (χ3v) is 5.44. The number of aromatic nitrogens is 1. The maximum Gasteiger partial charge on any atom is 0.243 e. The van der Waals surface area contributed by atoms with E-state index in [1.54, 1.807) is 0 Å². The Morgan fingerprint density at radius 3 is 2.72 bits per heavy atom. The van der Waals surface area contributed by atoms with Crippen LogP contribution in [-0.4, -0.2) is 30.7 Å². The molecule has 2 atom stereocenters. The number of pyridine rings is 1. The van der Waals surface area contributed by atoms with Crippen LogP contribution in [0.3, 0.4) is 0 Å². The van der Waals surface area contributed by atoms with Crippen LogP contribution in [0.15, 0.2) is 23.2 Å². The summed E-state index contributed by atoms with van der Waals surface area (Å²) >= 11 is 5.77. The molecular formula is C11H15ClN2O3S. The van der Waals surface area contributed by atoms with Gasteiger partial charge in [-0.3, -0.25) is 0 Å². The minimum absolute atomic E-state index is 0.0381. The smallest absolute Gasteiger partial charge is 0.243 e. The standard InChI is InChI=1S/C11H15ClN2O3S/c1-11(2)8(6-9(11)15)14-18(16,17)7-4-3-5-13-10(7)12/h3-5,8-9,14-15H,6H2,1-2H3. The molecular weight excluding hydrogens is 276 g/mol. The minimum Gasteiger partial charge on any atom is -0.392 e. The molecule has 0 aromatic carbocycles. The van der Waals surface area contributed by atoms with Crippen molar-refractivity contribution in [1.82, 2.24) is 9.71 Å². The first-order valence-corrected chi connectivity index (χ1v) is 7.42. The quantitative estimate of drug-likeness (QED) is 0.819. The van der Waals surface area contributed by atoms with Gasteiger partial charge in [0.15, 0.2) is 0 Å². The molecule has 1 aromatic heterocycles. The van der Waals surface area contributed by atoms with Crippen molar-refractivity contribution in [3.05, 3.63) is 23.5 Å². The van der Waals surface area contributed by atoms with E-state index in [9.17, 15) is 13.5 Å². The van der Waals surface area contributed by atoms with Crippen molar-refractivity contribution in [3.63, 3.8) is 0 Å². The summed E-state index contributed by atoms with van der Waals surface area (Å²) in [7, 11) is -3.70. The van der Waals surface area contributed by atoms with Gasteiger partial charge in [0.05, 0.1) is 6.10 Å². The van der Waals surface area contributed by atoms with Crippen LogP contribution in [0.4, 0.5) is 0 Å². The predicted octanol–water partition coefficient (Wildman–Crippen LogP) is 1.17. The van der Waals surface area contributed by atoms with E-state index in [-0.39, 0.29) is 16.1 Å². The number of nitrogens with zero attached hydrogens (tertiary/aromatic N) is 1. The van der Waals surface area contributed by atoms with Gasteiger partial charge in [-0.2, -0.15) is 0 Å². The van der Waals surface area contributed by atoms with Gasteiger partial charge in [-0.25, -0.2) is 18.1 Å². The van der Waals surface area contributed by atoms with E-state index in [0.717, 1.165) is 0 Å². The van der Waals surface area contributed by atoms with Crippen LogP contribution in [0.1, 0.15) is 20.3 Å². The van der Waals surface area contributed by atoms with Gasteiger partial charge in [-0.1, -0.05) is 25.4 Å². The zero-order valence-electron chi connectivity index (χ0n) is 10.1. The summed E-state index contributed by atoms with van der Waals surface area (Å²) in [6.45, 7) is 3.64. The molecule has 2 rings (SSSR count). The Bertz CT molecular complexity index is 559. The second-order valence-corrected chi connectivity index (χ2v) is 7.08. The fraction of sp³-hybridized carbons (Fsp3) is 0.545. The highest BCUT2D eigenvalue weighted by Gasteiger charge is 2.49. The average molecular weight is 291 g/mol. The van der Waals surface area contributed by atoms with Gasteiger partial charge in [0.2, 0.25) is 10.0 Å². The number of aliphatic hydroxyl groups is 1. The lowest BCUT2D eigenvalue weighted by Gasteiger charge is -2.49. The van der Waals surface area contributed by atoms with E-state index in [2.05, 4.69) is 9.71 Å². The molecule has 7 heteroatoms. The fourth-order valence-corrected chi connectivity index (χ4v) is 3.78. The molecule has 2 N–H and O–H groups in total. The molecule has 0 radical (unpaired) electrons. The SMILES string of the molecule is CC1(C)C(O)CC1NS(=O)(=O)c1cccnc1Cl. The summed E-state index contributed by atoms with van der Waals surface area (Å²) in [5.41, 5.74) is -0.470. The summed E-state index contributed by atoms with van der Waals surface area (Å²) in [6, 6.07) is 2.62. The van der Waals surface area contributed by atoms with Gasteiger partial charge >= 0.3 is 0 Å². The number of aliphatic hydroxyl groups excluding tert-OH is 1. The summed E-state index contributed by atoms with van der Waals surface area (Å²) in [4.78, 5) is 3.71. The van der Waals surface area contributed by atoms with Crippen molar-refractivity contribution >= 4 is 21.6 Å². The van der Waals surface area contributed by atoms with Crippen molar-refractivity contribution < 1.29 is 13.5 Å². The van der Waals surface area contributed by atoms with E-state index in [0.29, 0.717) is 6.42 Å². The summed E-state index contributed by atoms with van der Waals surface area (Å²) < 4.78 is 26.8. The number of sulfonamides is 1. The number of nitrogens with one attached hydrogen (secondary N) is 1. The number of halogens is 1. The number of rotatable bonds is 3. The zero-order valence-corrected chi connectivity index (χ0v) is 11.7. The first kappa shape index (κ1) is 13.7. The topological polar surface area (TPSA) is 79.3 Å². The van der Waals surface area contributed by atoms with Crippen molar-refractivity contribution in [2.75, 3.05) is 0 Å². The summed E-state index contributed by atoms with van der Waals surface area (Å²) in [5.74, 6) is 0. The van der Waals surface area contributed by atoms with E-state index in [1.165, 1.54) is 18.3 Å². The lowest BCUT2D eigenvalue weighted by atomic mass is 9.65. The Balaban J connectivity index is 2.22. The van der Waals surface area contributed by atoms with E-state index in [4.69, 9.17) is 11.6 Å². The highest BCUT2D eigenvalue weighted by Crippen LogP contribution is 2.41. The summed E-state index contributed by atoms with van der Waals surface area (Å²) in [5, 5.41) is 9.54. The molecule has 5 nitrogen and oxygen atoms in total. The zero-order chi connectivity index (χ0) is 13.6. The predicted molar refractivity (Wildman–Crippen MR) is 67.8 cm³/mol. The van der Waals surface area contributed by atoms with Crippen LogP contribution in [0.2, 0.25) is 5.15 Å². The normalized spacial score (nSPS) is 26.7. The van der Waals surface area contributed by atoms with Crippen LogP contribution < -0.4 is 4.72 Å². The molecule has 1 aromatic rings. The largest absolute Gasteiger partial charge is 0.392 e. The second-order valence-electron chi connectivity index (χ2n) is 5.04. The van der Waals surface area contributed by atoms with Crippen LogP contribution in [0.25, 0.3) is 0 Å². The highest BCUT2D eigenvalue weighted by molar-refractivity contribution is 7.89. The van der Waals surface area contributed by atoms with Crippen molar-refractivity contribution in [2.45, 2.75) is 37.3 Å². The molecule has 0 aliphatic heterocycles. The molecule has 1 heterocycles. The van der Waals surface area contributed by atoms with Crippen LogP contribution in [0.5, 0.6) is 0 Å². The van der Waals surface area contributed by atoms with Gasteiger partial charge < -0.3 is 5.11 Å². The van der Waals surface area contributed by atoms with Crippen LogP contribution in [0, 0.1) is 5.41 Å². The summed E-state index contributed by atoms with van der Waals surface area (Å²) in [6.07, 6.45) is 1.34. The fourth-order valence-electron chi connectivity index (χ4n) is 1.92. The third kappa shape index (κ3) is 2.25. The van der Waals surface area contributed by atoms with Crippen molar-refractivity contribution in [3.8, 4) is 0 Å². The minimum atomic E-state index is -3.70. The van der Waals surface area contributed by atoms with Crippen LogP contribution >= 0.6 is 11.6 Å². The Labute approximate surface area is 111 Å². The first-order valence-electron chi connectivity index (χ1n) is 5.56. The highest BCUT2D eigenvalue weighted by atomic mass is 35.5. The number of hydrogen-bond donors (Lipinski definition) is 2. The van der Waals surface area contributed by atoms with E-state index < -0.39 is 21.5 Å². The second kappa shape index (κ2) is 4.45. The molecule has 0 bridgehead atoms. The molecule has 1 saturated carbocycles. The van der Waals surface area contributed by atoms with Gasteiger partial charge in [-0.05, 0) is 18.6 Å². The third-order valence-electron chi connectivity index (χ3n) is 3.53.